The minimum Gasteiger partial charge on any atom is -0.326 e. The van der Waals surface area contributed by atoms with Crippen molar-refractivity contribution in [2.45, 2.75) is 42.2 Å². The highest BCUT2D eigenvalue weighted by molar-refractivity contribution is 7.92. The Morgan fingerprint density at radius 1 is 1.04 bits per heavy atom. The zero-order valence-corrected chi connectivity index (χ0v) is 14.9. The van der Waals surface area contributed by atoms with Gasteiger partial charge in [0.05, 0.1) is 16.6 Å². The molecule has 1 aliphatic rings. The Labute approximate surface area is 151 Å². The molecular weight excluding hydrogens is 360 g/mol. The molecule has 0 radical (unpaired) electrons. The Morgan fingerprint density at radius 3 is 2.31 bits per heavy atom. The van der Waals surface area contributed by atoms with Crippen LogP contribution in [0.1, 0.15) is 31.2 Å². The summed E-state index contributed by atoms with van der Waals surface area (Å²) in [5.74, 6) is -1.95. The van der Waals surface area contributed by atoms with Gasteiger partial charge in [-0.3, -0.25) is 4.79 Å². The second kappa shape index (κ2) is 7.53. The average molecular weight is 379 g/mol. The van der Waals surface area contributed by atoms with Crippen LogP contribution in [0.25, 0.3) is 0 Å². The summed E-state index contributed by atoms with van der Waals surface area (Å²) in [6, 6.07) is 9.02. The van der Waals surface area contributed by atoms with Gasteiger partial charge in [0.1, 0.15) is 11.6 Å². The van der Waals surface area contributed by atoms with Gasteiger partial charge in [0.2, 0.25) is 5.91 Å². The van der Waals surface area contributed by atoms with E-state index in [1.54, 1.807) is 0 Å². The number of halogens is 2. The van der Waals surface area contributed by atoms with E-state index < -0.39 is 27.4 Å². The number of carbonyl (C=O) groups is 1. The maximum atomic E-state index is 13.6. The van der Waals surface area contributed by atoms with Crippen molar-refractivity contribution in [1.82, 2.24) is 0 Å². The fourth-order valence-corrected chi connectivity index (χ4v) is 5.02. The lowest BCUT2D eigenvalue weighted by molar-refractivity contribution is -0.115. The second-order valence-corrected chi connectivity index (χ2v) is 8.66. The molecule has 1 amide bonds. The number of hydrogen-bond donors (Lipinski definition) is 1. The molecule has 0 saturated heterocycles. The van der Waals surface area contributed by atoms with Crippen molar-refractivity contribution in [3.05, 3.63) is 59.7 Å². The minimum absolute atomic E-state index is 0.0873. The molecule has 7 heteroatoms. The molecule has 1 aliphatic carbocycles. The molecule has 3 rings (SSSR count). The smallest absolute Gasteiger partial charge is 0.228 e. The maximum Gasteiger partial charge on any atom is 0.228 e. The van der Waals surface area contributed by atoms with Gasteiger partial charge in [0.15, 0.2) is 9.84 Å². The van der Waals surface area contributed by atoms with Crippen molar-refractivity contribution < 1.29 is 22.0 Å². The topological polar surface area (TPSA) is 63.2 Å². The highest BCUT2D eigenvalue weighted by Gasteiger charge is 2.30. The van der Waals surface area contributed by atoms with Crippen LogP contribution in [0.15, 0.2) is 47.4 Å². The first-order valence-electron chi connectivity index (χ1n) is 8.44. The number of carbonyl (C=O) groups excluding carboxylic acids is 1. The van der Waals surface area contributed by atoms with Crippen LogP contribution in [-0.4, -0.2) is 19.6 Å². The van der Waals surface area contributed by atoms with E-state index in [4.69, 9.17) is 0 Å². The predicted octanol–water partition coefficient (Wildman–Crippen LogP) is 3.86. The maximum absolute atomic E-state index is 13.6. The van der Waals surface area contributed by atoms with Crippen molar-refractivity contribution in [3.63, 3.8) is 0 Å². The lowest BCUT2D eigenvalue weighted by Gasteiger charge is -2.12. The van der Waals surface area contributed by atoms with Crippen LogP contribution in [0.3, 0.4) is 0 Å². The van der Waals surface area contributed by atoms with Gasteiger partial charge in [0, 0.05) is 11.8 Å². The normalized spacial score (nSPS) is 15.2. The molecule has 2 aromatic carbocycles. The van der Waals surface area contributed by atoms with Crippen LogP contribution in [0.4, 0.5) is 14.5 Å². The van der Waals surface area contributed by atoms with Crippen molar-refractivity contribution in [2.24, 2.45) is 0 Å². The van der Waals surface area contributed by atoms with Gasteiger partial charge >= 0.3 is 0 Å². The molecule has 0 heterocycles. The summed E-state index contributed by atoms with van der Waals surface area (Å²) in [6.45, 7) is 0. The fourth-order valence-electron chi connectivity index (χ4n) is 3.16. The zero-order chi connectivity index (χ0) is 18.7. The largest absolute Gasteiger partial charge is 0.326 e. The van der Waals surface area contributed by atoms with Crippen molar-refractivity contribution >= 4 is 21.4 Å². The standard InChI is InChI=1S/C19H19F2NO3S/c20-14-6-5-13(18(21)12-14)11-19(23)22-15-7-9-17(10-8-15)26(24,25)16-3-1-2-4-16/h5-10,12,16H,1-4,11H2,(H,22,23). The first-order valence-corrected chi connectivity index (χ1v) is 9.98. The highest BCUT2D eigenvalue weighted by atomic mass is 32.2. The molecule has 0 aliphatic heterocycles. The number of benzene rings is 2. The van der Waals surface area contributed by atoms with Crippen LogP contribution in [0, 0.1) is 11.6 Å². The number of hydrogen-bond acceptors (Lipinski definition) is 3. The third kappa shape index (κ3) is 4.09. The van der Waals surface area contributed by atoms with Crippen molar-refractivity contribution in [3.8, 4) is 0 Å². The number of sulfone groups is 1. The third-order valence-corrected chi connectivity index (χ3v) is 6.85. The summed E-state index contributed by atoms with van der Waals surface area (Å²) >= 11 is 0. The molecule has 1 fully saturated rings. The monoisotopic (exact) mass is 379 g/mol. The fraction of sp³-hybridized carbons (Fsp3) is 0.316. The van der Waals surface area contributed by atoms with Crippen LogP contribution >= 0.6 is 0 Å². The third-order valence-electron chi connectivity index (χ3n) is 4.57. The predicted molar refractivity (Wildman–Crippen MR) is 94.6 cm³/mol. The van der Waals surface area contributed by atoms with Gasteiger partial charge in [0.25, 0.3) is 0 Å². The van der Waals surface area contributed by atoms with Crippen LogP contribution < -0.4 is 5.32 Å². The summed E-state index contributed by atoms with van der Waals surface area (Å²) in [6.07, 6.45) is 2.98. The van der Waals surface area contributed by atoms with E-state index in [9.17, 15) is 22.0 Å². The molecule has 138 valence electrons. The molecule has 0 bridgehead atoms. The molecule has 4 nitrogen and oxygen atoms in total. The Bertz CT molecular complexity index is 905. The lowest BCUT2D eigenvalue weighted by Crippen LogP contribution is -2.18. The Hall–Kier alpha value is -2.28. The van der Waals surface area contributed by atoms with Gasteiger partial charge in [-0.25, -0.2) is 17.2 Å². The summed E-state index contributed by atoms with van der Waals surface area (Å²) in [5, 5.41) is 2.26. The molecule has 1 N–H and O–H groups in total. The summed E-state index contributed by atoms with van der Waals surface area (Å²) in [5.41, 5.74) is 0.507. The van der Waals surface area contributed by atoms with E-state index in [1.165, 1.54) is 30.3 Å². The van der Waals surface area contributed by atoms with Crippen LogP contribution in [0.5, 0.6) is 0 Å². The quantitative estimate of drug-likeness (QED) is 0.858. The zero-order valence-electron chi connectivity index (χ0n) is 14.0. The Kier molecular flexibility index (Phi) is 5.36. The van der Waals surface area contributed by atoms with Crippen molar-refractivity contribution in [2.75, 3.05) is 5.32 Å². The first kappa shape index (κ1) is 18.5. The minimum atomic E-state index is -3.34. The Balaban J connectivity index is 1.66. The SMILES string of the molecule is O=C(Cc1ccc(F)cc1F)Nc1ccc(S(=O)(=O)C2CCCC2)cc1. The summed E-state index contributed by atoms with van der Waals surface area (Å²) < 4.78 is 51.5. The van der Waals surface area contributed by atoms with E-state index in [0.29, 0.717) is 18.5 Å². The molecule has 1 saturated carbocycles. The van der Waals surface area contributed by atoms with E-state index in [2.05, 4.69) is 5.32 Å². The highest BCUT2D eigenvalue weighted by Crippen LogP contribution is 2.30. The van der Waals surface area contributed by atoms with Crippen molar-refractivity contribution in [1.29, 1.82) is 0 Å². The molecule has 2 aromatic rings. The molecule has 26 heavy (non-hydrogen) atoms. The second-order valence-electron chi connectivity index (χ2n) is 6.44. The lowest BCUT2D eigenvalue weighted by atomic mass is 10.1. The van der Waals surface area contributed by atoms with Crippen LogP contribution in [-0.2, 0) is 21.1 Å². The molecule has 0 aromatic heterocycles. The molecule has 0 spiro atoms. The number of nitrogens with one attached hydrogen (secondary N) is 1. The van der Waals surface area contributed by atoms with E-state index in [-0.39, 0.29) is 22.1 Å². The van der Waals surface area contributed by atoms with Gasteiger partial charge in [-0.05, 0) is 48.7 Å². The van der Waals surface area contributed by atoms with Gasteiger partial charge in [-0.2, -0.15) is 0 Å². The molecule has 0 unspecified atom stereocenters. The number of anilines is 1. The van der Waals surface area contributed by atoms with Gasteiger partial charge in [-0.15, -0.1) is 0 Å². The number of amides is 1. The van der Waals surface area contributed by atoms with Crippen LogP contribution in [0.2, 0.25) is 0 Å². The number of rotatable bonds is 5. The van der Waals surface area contributed by atoms with Gasteiger partial charge in [-0.1, -0.05) is 18.9 Å². The van der Waals surface area contributed by atoms with E-state index >= 15 is 0 Å². The first-order chi connectivity index (χ1) is 12.4. The summed E-state index contributed by atoms with van der Waals surface area (Å²) in [4.78, 5) is 12.3. The average Bonchev–Trinajstić information content (AvgIpc) is 3.13. The molecular formula is C19H19F2NO3S. The van der Waals surface area contributed by atoms with E-state index in [1.807, 2.05) is 0 Å². The Morgan fingerprint density at radius 2 is 1.69 bits per heavy atom. The summed E-state index contributed by atoms with van der Waals surface area (Å²) in [7, 11) is -3.34. The van der Waals surface area contributed by atoms with E-state index in [0.717, 1.165) is 25.0 Å². The van der Waals surface area contributed by atoms with Gasteiger partial charge < -0.3 is 5.32 Å². The molecule has 0 atom stereocenters.